The van der Waals surface area contributed by atoms with Gasteiger partial charge in [-0.25, -0.2) is 0 Å². The van der Waals surface area contributed by atoms with Crippen molar-refractivity contribution in [1.29, 1.82) is 0 Å². The predicted octanol–water partition coefficient (Wildman–Crippen LogP) is 6.13. The molecular weight excluding hydrogens is 384 g/mol. The summed E-state index contributed by atoms with van der Waals surface area (Å²) in [5.41, 5.74) is 2.34. The molecule has 0 saturated heterocycles. The minimum Gasteiger partial charge on any atom is -0.481 e. The van der Waals surface area contributed by atoms with Gasteiger partial charge in [-0.2, -0.15) is 0 Å². The molecule has 4 nitrogen and oxygen atoms in total. The number of amides is 1. The largest absolute Gasteiger partial charge is 0.481 e. The first-order valence-electron chi connectivity index (χ1n) is 10.1. The number of carbonyl (C=O) groups is 1. The van der Waals surface area contributed by atoms with E-state index in [-0.39, 0.29) is 12.5 Å². The van der Waals surface area contributed by atoms with Gasteiger partial charge in [-0.05, 0) is 47.2 Å². The van der Waals surface area contributed by atoms with Crippen LogP contribution in [0.25, 0.3) is 21.7 Å². The van der Waals surface area contributed by atoms with Crippen molar-refractivity contribution in [2.45, 2.75) is 0 Å². The predicted molar refractivity (Wildman–Crippen MR) is 125 cm³/mol. The molecule has 150 valence electrons. The normalized spacial score (nSPS) is 10.8. The Labute approximate surface area is 180 Å². The first-order chi connectivity index (χ1) is 15.3. The summed E-state index contributed by atoms with van der Waals surface area (Å²) < 4.78 is 5.94. The van der Waals surface area contributed by atoms with Crippen LogP contribution in [0, 0.1) is 0 Å². The molecule has 4 heteroatoms. The number of aromatic nitrogens is 1. The molecule has 0 saturated carbocycles. The number of anilines is 2. The van der Waals surface area contributed by atoms with Crippen LogP contribution in [0.5, 0.6) is 5.75 Å². The standard InChI is InChI=1S/C27H20N2O2/c30-26(19-31-25-14-6-10-21-11-7-17-28-27(21)25)29(23-12-2-1-3-13-23)24-16-15-20-8-4-5-9-22(20)18-24/h1-18H,19H2. The molecule has 0 N–H and O–H groups in total. The van der Waals surface area contributed by atoms with Crippen molar-refractivity contribution in [3.63, 3.8) is 0 Å². The van der Waals surface area contributed by atoms with Crippen LogP contribution in [0.3, 0.4) is 0 Å². The summed E-state index contributed by atoms with van der Waals surface area (Å²) in [5.74, 6) is 0.437. The quantitative estimate of drug-likeness (QED) is 0.354. The second-order valence-electron chi connectivity index (χ2n) is 7.22. The second-order valence-corrected chi connectivity index (χ2v) is 7.22. The van der Waals surface area contributed by atoms with Crippen LogP contribution in [-0.4, -0.2) is 17.5 Å². The minimum absolute atomic E-state index is 0.0998. The van der Waals surface area contributed by atoms with Gasteiger partial charge in [0.15, 0.2) is 6.61 Å². The molecule has 31 heavy (non-hydrogen) atoms. The molecule has 4 aromatic carbocycles. The third-order valence-corrected chi connectivity index (χ3v) is 5.20. The van der Waals surface area contributed by atoms with E-state index >= 15 is 0 Å². The molecule has 5 aromatic rings. The van der Waals surface area contributed by atoms with E-state index in [0.29, 0.717) is 5.75 Å². The summed E-state index contributed by atoms with van der Waals surface area (Å²) in [4.78, 5) is 19.5. The Morgan fingerprint density at radius 2 is 1.45 bits per heavy atom. The summed E-state index contributed by atoms with van der Waals surface area (Å²) in [6.45, 7) is -0.0998. The van der Waals surface area contributed by atoms with Crippen LogP contribution < -0.4 is 9.64 Å². The second kappa shape index (κ2) is 8.28. The van der Waals surface area contributed by atoms with E-state index in [1.165, 1.54) is 0 Å². The number of benzene rings is 4. The molecule has 0 radical (unpaired) electrons. The van der Waals surface area contributed by atoms with E-state index in [2.05, 4.69) is 11.1 Å². The number of hydrogen-bond donors (Lipinski definition) is 0. The fourth-order valence-corrected chi connectivity index (χ4v) is 3.73. The van der Waals surface area contributed by atoms with E-state index in [4.69, 9.17) is 4.74 Å². The van der Waals surface area contributed by atoms with Gasteiger partial charge < -0.3 is 4.74 Å². The first kappa shape index (κ1) is 18.8. The summed E-state index contributed by atoms with van der Waals surface area (Å²) in [6.07, 6.45) is 1.72. The van der Waals surface area contributed by atoms with Crippen molar-refractivity contribution in [2.24, 2.45) is 0 Å². The summed E-state index contributed by atoms with van der Waals surface area (Å²) >= 11 is 0. The van der Waals surface area contributed by atoms with Gasteiger partial charge in [0.25, 0.3) is 5.91 Å². The zero-order valence-electron chi connectivity index (χ0n) is 16.8. The highest BCUT2D eigenvalue weighted by Crippen LogP contribution is 2.29. The van der Waals surface area contributed by atoms with Crippen LogP contribution in [0.15, 0.2) is 109 Å². The van der Waals surface area contributed by atoms with E-state index in [1.54, 1.807) is 11.1 Å². The maximum Gasteiger partial charge on any atom is 0.269 e. The number of nitrogens with zero attached hydrogens (tertiary/aromatic N) is 2. The van der Waals surface area contributed by atoms with Crippen molar-refractivity contribution in [1.82, 2.24) is 4.98 Å². The molecule has 0 aliphatic heterocycles. The zero-order valence-corrected chi connectivity index (χ0v) is 16.8. The van der Waals surface area contributed by atoms with E-state index < -0.39 is 0 Å². The Balaban J connectivity index is 1.48. The zero-order chi connectivity index (χ0) is 21.0. The Morgan fingerprint density at radius 1 is 0.710 bits per heavy atom. The molecule has 0 aliphatic rings. The molecule has 0 fully saturated rings. The number of ether oxygens (including phenoxy) is 1. The lowest BCUT2D eigenvalue weighted by molar-refractivity contribution is -0.119. The Morgan fingerprint density at radius 3 is 2.32 bits per heavy atom. The van der Waals surface area contributed by atoms with Gasteiger partial charge in [-0.1, -0.05) is 66.7 Å². The molecule has 1 heterocycles. The first-order valence-corrected chi connectivity index (χ1v) is 10.1. The van der Waals surface area contributed by atoms with Crippen LogP contribution in [-0.2, 0) is 4.79 Å². The average molecular weight is 404 g/mol. The lowest BCUT2D eigenvalue weighted by Crippen LogP contribution is -2.31. The average Bonchev–Trinajstić information content (AvgIpc) is 2.83. The lowest BCUT2D eigenvalue weighted by Gasteiger charge is -2.23. The Bertz CT molecular complexity index is 1360. The SMILES string of the molecule is O=C(COc1cccc2cccnc12)N(c1ccccc1)c1ccc2ccccc2c1. The maximum absolute atomic E-state index is 13.4. The Hall–Kier alpha value is -4.18. The van der Waals surface area contributed by atoms with Crippen molar-refractivity contribution in [3.05, 3.63) is 109 Å². The molecule has 0 unspecified atom stereocenters. The monoisotopic (exact) mass is 404 g/mol. The lowest BCUT2D eigenvalue weighted by atomic mass is 10.1. The summed E-state index contributed by atoms with van der Waals surface area (Å²) in [7, 11) is 0. The highest BCUT2D eigenvalue weighted by molar-refractivity contribution is 6.03. The topological polar surface area (TPSA) is 42.4 Å². The summed E-state index contributed by atoms with van der Waals surface area (Å²) in [5, 5.41) is 3.18. The number of rotatable bonds is 5. The molecule has 1 aromatic heterocycles. The third-order valence-electron chi connectivity index (χ3n) is 5.20. The van der Waals surface area contributed by atoms with E-state index in [9.17, 15) is 4.79 Å². The van der Waals surface area contributed by atoms with Gasteiger partial charge in [0.2, 0.25) is 0 Å². The molecule has 1 amide bonds. The number of hydrogen-bond acceptors (Lipinski definition) is 3. The van der Waals surface area contributed by atoms with Crippen molar-refractivity contribution < 1.29 is 9.53 Å². The fraction of sp³-hybridized carbons (Fsp3) is 0.0370. The van der Waals surface area contributed by atoms with Crippen LogP contribution in [0.1, 0.15) is 0 Å². The molecule has 0 aliphatic carbocycles. The van der Waals surface area contributed by atoms with Gasteiger partial charge in [0.1, 0.15) is 11.3 Å². The fourth-order valence-electron chi connectivity index (χ4n) is 3.73. The van der Waals surface area contributed by atoms with Gasteiger partial charge in [-0.15, -0.1) is 0 Å². The van der Waals surface area contributed by atoms with Crippen LogP contribution in [0.4, 0.5) is 11.4 Å². The van der Waals surface area contributed by atoms with Crippen LogP contribution in [0.2, 0.25) is 0 Å². The Kier molecular flexibility index (Phi) is 5.03. The van der Waals surface area contributed by atoms with Gasteiger partial charge in [0.05, 0.1) is 0 Å². The van der Waals surface area contributed by atoms with Crippen LogP contribution >= 0.6 is 0 Å². The minimum atomic E-state index is -0.158. The van der Waals surface area contributed by atoms with Gasteiger partial charge in [0, 0.05) is 23.0 Å². The molecule has 5 rings (SSSR count). The molecular formula is C27H20N2O2. The summed E-state index contributed by atoms with van der Waals surface area (Å²) in [6, 6.07) is 33.3. The molecule has 0 atom stereocenters. The van der Waals surface area contributed by atoms with E-state index in [1.807, 2.05) is 97.1 Å². The van der Waals surface area contributed by atoms with Crippen molar-refractivity contribution >= 4 is 39.0 Å². The number of carbonyl (C=O) groups excluding carboxylic acids is 1. The highest BCUT2D eigenvalue weighted by Gasteiger charge is 2.19. The maximum atomic E-state index is 13.4. The van der Waals surface area contributed by atoms with Crippen molar-refractivity contribution in [3.8, 4) is 5.75 Å². The molecule has 0 bridgehead atoms. The van der Waals surface area contributed by atoms with Crippen molar-refractivity contribution in [2.75, 3.05) is 11.5 Å². The van der Waals surface area contributed by atoms with Gasteiger partial charge in [-0.3, -0.25) is 14.7 Å². The number of pyridine rings is 1. The number of para-hydroxylation sites is 2. The van der Waals surface area contributed by atoms with E-state index in [0.717, 1.165) is 33.1 Å². The highest BCUT2D eigenvalue weighted by atomic mass is 16.5. The third kappa shape index (κ3) is 3.83. The smallest absolute Gasteiger partial charge is 0.269 e. The number of fused-ring (bicyclic) bond motifs is 2. The molecule has 0 spiro atoms. The van der Waals surface area contributed by atoms with Gasteiger partial charge >= 0.3 is 0 Å².